The molecule has 1 aliphatic heterocycles. The van der Waals surface area contributed by atoms with Gasteiger partial charge in [-0.2, -0.15) is 0 Å². The van der Waals surface area contributed by atoms with Crippen LogP contribution >= 0.6 is 0 Å². The Labute approximate surface area is 210 Å². The van der Waals surface area contributed by atoms with Crippen molar-refractivity contribution in [3.05, 3.63) is 53.1 Å². The summed E-state index contributed by atoms with van der Waals surface area (Å²) in [6, 6.07) is 7.47. The van der Waals surface area contributed by atoms with Gasteiger partial charge >= 0.3 is 0 Å². The fraction of sp³-hybridized carbons (Fsp3) is 0.667. The molecule has 0 bridgehead atoms. The monoisotopic (exact) mass is 479 g/mol. The zero-order valence-corrected chi connectivity index (χ0v) is 24.3. The molecule has 4 rings (SSSR count). The van der Waals surface area contributed by atoms with Crippen LogP contribution in [0, 0.1) is 17.8 Å². The summed E-state index contributed by atoms with van der Waals surface area (Å²) in [4.78, 5) is 0. The maximum absolute atomic E-state index is 3.56. The van der Waals surface area contributed by atoms with Gasteiger partial charge in [0.25, 0.3) is 0 Å². The van der Waals surface area contributed by atoms with Crippen molar-refractivity contribution >= 4 is 13.8 Å². The Hall–Kier alpha value is -1.20. The lowest BCUT2D eigenvalue weighted by Crippen LogP contribution is -2.63. The quantitative estimate of drug-likeness (QED) is 0.463. The van der Waals surface area contributed by atoms with Crippen LogP contribution in [0.2, 0.25) is 18.6 Å². The maximum Gasteiger partial charge on any atom is 0.129 e. The number of hydrogen-bond donors (Lipinski definition) is 2. The second-order valence-electron chi connectivity index (χ2n) is 13.6. The summed E-state index contributed by atoms with van der Waals surface area (Å²) in [5.74, 6) is 2.10. The second-order valence-corrected chi connectivity index (χ2v) is 18.2. The summed E-state index contributed by atoms with van der Waals surface area (Å²) in [5, 5.41) is 7.13. The molecule has 0 spiro atoms. The molecule has 3 nitrogen and oxygen atoms in total. The van der Waals surface area contributed by atoms with Crippen LogP contribution in [0.5, 0.6) is 0 Å². The number of allylic oxidation sites excluding steroid dienone is 4. The van der Waals surface area contributed by atoms with Crippen LogP contribution in [0.3, 0.4) is 0 Å². The van der Waals surface area contributed by atoms with Crippen molar-refractivity contribution in [1.82, 2.24) is 15.2 Å². The molecule has 4 unspecified atom stereocenters. The minimum absolute atomic E-state index is 0.147. The molecule has 0 radical (unpaired) electrons. The highest BCUT2D eigenvalue weighted by Gasteiger charge is 2.53. The third-order valence-electron chi connectivity index (χ3n) is 8.96. The van der Waals surface area contributed by atoms with E-state index >= 15 is 0 Å². The molecule has 188 valence electrons. The highest BCUT2D eigenvalue weighted by atomic mass is 28.3. The van der Waals surface area contributed by atoms with Crippen molar-refractivity contribution in [2.45, 2.75) is 90.8 Å². The molecule has 2 N–H and O–H groups in total. The number of fused-ring (bicyclic) bond motifs is 1. The van der Waals surface area contributed by atoms with E-state index in [4.69, 9.17) is 0 Å². The first kappa shape index (κ1) is 25.9. The van der Waals surface area contributed by atoms with E-state index in [1.54, 1.807) is 5.57 Å². The van der Waals surface area contributed by atoms with E-state index in [9.17, 15) is 0 Å². The zero-order chi connectivity index (χ0) is 24.9. The minimum Gasteiger partial charge on any atom is -0.299 e. The Morgan fingerprint density at radius 3 is 2.06 bits per heavy atom. The van der Waals surface area contributed by atoms with Gasteiger partial charge in [-0.1, -0.05) is 104 Å². The van der Waals surface area contributed by atoms with Gasteiger partial charge in [-0.05, 0) is 62.8 Å². The first-order valence-electron chi connectivity index (χ1n) is 13.6. The highest BCUT2D eigenvalue weighted by Crippen LogP contribution is 2.58. The number of benzene rings is 1. The lowest BCUT2D eigenvalue weighted by atomic mass is 9.75. The Kier molecular flexibility index (Phi) is 7.12. The summed E-state index contributed by atoms with van der Waals surface area (Å²) >= 11 is 0. The third kappa shape index (κ3) is 4.89. The van der Waals surface area contributed by atoms with Crippen LogP contribution in [-0.4, -0.2) is 32.8 Å². The van der Waals surface area contributed by atoms with Gasteiger partial charge in [-0.25, -0.2) is 0 Å². The van der Waals surface area contributed by atoms with E-state index in [-0.39, 0.29) is 10.8 Å². The molecule has 2 fully saturated rings. The van der Waals surface area contributed by atoms with Gasteiger partial charge in [0, 0.05) is 20.0 Å². The Balaban J connectivity index is 1.73. The SMILES string of the molecule is CCC1CC2C(c3cc(C(C)(C)C)cc(C(C)(C)C)c3)=CC=CC2C1[Si](C)(C)N1CNCNC1. The molecule has 0 amide bonds. The number of nitrogens with zero attached hydrogens (tertiary/aromatic N) is 1. The number of hydrogen-bond acceptors (Lipinski definition) is 3. The van der Waals surface area contributed by atoms with Gasteiger partial charge in [0.15, 0.2) is 0 Å². The van der Waals surface area contributed by atoms with Crippen molar-refractivity contribution in [3.63, 3.8) is 0 Å². The molecule has 1 aromatic rings. The Morgan fingerprint density at radius 2 is 1.53 bits per heavy atom. The summed E-state index contributed by atoms with van der Waals surface area (Å²) in [5.41, 5.74) is 7.06. The lowest BCUT2D eigenvalue weighted by Gasteiger charge is -2.47. The van der Waals surface area contributed by atoms with Crippen LogP contribution in [0.4, 0.5) is 0 Å². The summed E-state index contributed by atoms with van der Waals surface area (Å²) in [6.07, 6.45) is 10.0. The molecule has 1 aromatic carbocycles. The molecule has 1 heterocycles. The number of nitrogens with one attached hydrogen (secondary N) is 2. The minimum atomic E-state index is -1.64. The Bertz CT molecular complexity index is 909. The molecule has 4 atom stereocenters. The van der Waals surface area contributed by atoms with Crippen molar-refractivity contribution in [3.8, 4) is 0 Å². The first-order valence-corrected chi connectivity index (χ1v) is 16.6. The maximum atomic E-state index is 3.56. The van der Waals surface area contributed by atoms with Crippen molar-refractivity contribution in [2.75, 3.05) is 20.0 Å². The average Bonchev–Trinajstić information content (AvgIpc) is 3.18. The molecule has 4 heteroatoms. The van der Waals surface area contributed by atoms with Gasteiger partial charge in [0.2, 0.25) is 0 Å². The smallest absolute Gasteiger partial charge is 0.129 e. The molecular weight excluding hydrogens is 430 g/mol. The van der Waals surface area contributed by atoms with E-state index in [1.807, 2.05) is 0 Å². The average molecular weight is 480 g/mol. The first-order chi connectivity index (χ1) is 15.8. The van der Waals surface area contributed by atoms with E-state index in [0.717, 1.165) is 31.5 Å². The van der Waals surface area contributed by atoms with E-state index < -0.39 is 8.24 Å². The summed E-state index contributed by atoms with van der Waals surface area (Å²) < 4.78 is 2.76. The van der Waals surface area contributed by atoms with Crippen LogP contribution in [0.1, 0.15) is 78.0 Å². The van der Waals surface area contributed by atoms with Gasteiger partial charge in [-0.3, -0.25) is 15.2 Å². The van der Waals surface area contributed by atoms with Crippen molar-refractivity contribution in [1.29, 1.82) is 0 Å². The summed E-state index contributed by atoms with van der Waals surface area (Å²) in [6.45, 7) is 24.8. The molecule has 1 saturated carbocycles. The normalized spacial score (nSPS) is 28.7. The van der Waals surface area contributed by atoms with E-state index in [1.165, 1.54) is 29.5 Å². The summed E-state index contributed by atoms with van der Waals surface area (Å²) in [7, 11) is -1.64. The van der Waals surface area contributed by atoms with Crippen LogP contribution < -0.4 is 10.6 Å². The largest absolute Gasteiger partial charge is 0.299 e. The predicted molar refractivity (Wildman–Crippen MR) is 150 cm³/mol. The van der Waals surface area contributed by atoms with Crippen LogP contribution in [0.15, 0.2) is 36.4 Å². The van der Waals surface area contributed by atoms with Crippen LogP contribution in [0.25, 0.3) is 5.57 Å². The molecule has 2 aliphatic carbocycles. The van der Waals surface area contributed by atoms with Crippen LogP contribution in [-0.2, 0) is 10.8 Å². The van der Waals surface area contributed by atoms with Gasteiger partial charge < -0.3 is 0 Å². The molecule has 3 aliphatic rings. The lowest BCUT2D eigenvalue weighted by molar-refractivity contribution is 0.278. The molecular formula is C30H49N3Si. The van der Waals surface area contributed by atoms with Crippen molar-refractivity contribution < 1.29 is 0 Å². The predicted octanol–water partition coefficient (Wildman–Crippen LogP) is 6.84. The van der Waals surface area contributed by atoms with E-state index in [2.05, 4.69) is 113 Å². The topological polar surface area (TPSA) is 27.3 Å². The van der Waals surface area contributed by atoms with E-state index in [0.29, 0.717) is 11.8 Å². The van der Waals surface area contributed by atoms with Gasteiger partial charge in [0.1, 0.15) is 8.24 Å². The fourth-order valence-corrected chi connectivity index (χ4v) is 11.0. The molecule has 1 saturated heterocycles. The highest BCUT2D eigenvalue weighted by molar-refractivity contribution is 6.76. The second kappa shape index (κ2) is 9.35. The molecule has 0 aromatic heterocycles. The Morgan fingerprint density at radius 1 is 0.941 bits per heavy atom. The standard InChI is InChI=1S/C30H49N3Si/c1-10-21-16-27-25(22-14-23(29(2,3)4)17-24(15-22)30(5,6)7)12-11-13-26(27)28(21)34(8,9)33-19-31-18-32-20-33/h11-15,17,21,26-28,31-32H,10,16,18-20H2,1-9H3. The fourth-order valence-electron chi connectivity index (χ4n) is 6.78. The molecule has 34 heavy (non-hydrogen) atoms. The number of rotatable bonds is 4. The zero-order valence-electron chi connectivity index (χ0n) is 23.3. The van der Waals surface area contributed by atoms with Gasteiger partial charge in [-0.15, -0.1) is 0 Å². The van der Waals surface area contributed by atoms with Crippen molar-refractivity contribution in [2.24, 2.45) is 17.8 Å². The van der Waals surface area contributed by atoms with Gasteiger partial charge in [0.05, 0.1) is 0 Å². The third-order valence-corrected chi connectivity index (χ3v) is 13.4.